The largest absolute Gasteiger partial charge is 0.480 e. The second-order valence-electron chi connectivity index (χ2n) is 4.01. The van der Waals surface area contributed by atoms with E-state index in [4.69, 9.17) is 26.2 Å². The highest BCUT2D eigenvalue weighted by molar-refractivity contribution is 6.32. The molecule has 0 radical (unpaired) electrons. The van der Waals surface area contributed by atoms with Crippen LogP contribution in [-0.2, 0) is 11.3 Å². The summed E-state index contributed by atoms with van der Waals surface area (Å²) in [5.41, 5.74) is 0.910. The van der Waals surface area contributed by atoms with Gasteiger partial charge in [0.25, 0.3) is 0 Å². The summed E-state index contributed by atoms with van der Waals surface area (Å²) >= 11 is 6.07. The second kappa shape index (κ2) is 5.46. The number of halogens is 1. The van der Waals surface area contributed by atoms with Crippen molar-refractivity contribution in [2.45, 2.75) is 13.5 Å². The van der Waals surface area contributed by atoms with Crippen molar-refractivity contribution < 1.29 is 19.4 Å². The van der Waals surface area contributed by atoms with E-state index in [0.29, 0.717) is 29.6 Å². The lowest BCUT2D eigenvalue weighted by atomic mass is 10.2. The maximum absolute atomic E-state index is 10.7. The standard InChI is InChI=1S/C12H14ClNO4/c1-2-14(6-11(15)16)5-8-3-9(13)12-10(4-8)17-7-18-12/h3-4H,2,5-7H2,1H3,(H,15,16). The van der Waals surface area contributed by atoms with Gasteiger partial charge in [-0.1, -0.05) is 18.5 Å². The van der Waals surface area contributed by atoms with Crippen molar-refractivity contribution in [3.63, 3.8) is 0 Å². The zero-order valence-electron chi connectivity index (χ0n) is 9.98. The topological polar surface area (TPSA) is 59.0 Å². The number of benzene rings is 1. The minimum atomic E-state index is -0.844. The quantitative estimate of drug-likeness (QED) is 0.887. The van der Waals surface area contributed by atoms with Gasteiger partial charge in [0.2, 0.25) is 6.79 Å². The monoisotopic (exact) mass is 271 g/mol. The van der Waals surface area contributed by atoms with Crippen molar-refractivity contribution >= 4 is 17.6 Å². The van der Waals surface area contributed by atoms with Crippen molar-refractivity contribution in [3.05, 3.63) is 22.7 Å². The van der Waals surface area contributed by atoms with Gasteiger partial charge in [0.05, 0.1) is 11.6 Å². The van der Waals surface area contributed by atoms with Gasteiger partial charge in [0.1, 0.15) is 0 Å². The molecule has 2 rings (SSSR count). The fourth-order valence-electron chi connectivity index (χ4n) is 1.84. The van der Waals surface area contributed by atoms with Crippen LogP contribution in [0.4, 0.5) is 0 Å². The lowest BCUT2D eigenvalue weighted by Crippen LogP contribution is -2.29. The summed E-state index contributed by atoms with van der Waals surface area (Å²) in [6.07, 6.45) is 0. The normalized spacial score (nSPS) is 13.1. The number of carboxylic acid groups (broad SMARTS) is 1. The van der Waals surface area contributed by atoms with E-state index in [1.54, 1.807) is 11.0 Å². The van der Waals surface area contributed by atoms with Gasteiger partial charge in [0, 0.05) is 6.54 Å². The number of nitrogens with zero attached hydrogens (tertiary/aromatic N) is 1. The molecule has 0 saturated carbocycles. The predicted molar refractivity (Wildman–Crippen MR) is 66.2 cm³/mol. The van der Waals surface area contributed by atoms with Gasteiger partial charge in [-0.05, 0) is 24.2 Å². The zero-order chi connectivity index (χ0) is 13.1. The summed E-state index contributed by atoms with van der Waals surface area (Å²) in [7, 11) is 0. The fraction of sp³-hybridized carbons (Fsp3) is 0.417. The minimum absolute atomic E-state index is 0.00254. The highest BCUT2D eigenvalue weighted by Gasteiger charge is 2.19. The van der Waals surface area contributed by atoms with Crippen molar-refractivity contribution in [2.24, 2.45) is 0 Å². The van der Waals surface area contributed by atoms with Gasteiger partial charge >= 0.3 is 5.97 Å². The van der Waals surface area contributed by atoms with E-state index in [1.807, 2.05) is 13.0 Å². The van der Waals surface area contributed by atoms with Gasteiger partial charge < -0.3 is 14.6 Å². The molecule has 1 aliphatic rings. The molecule has 0 amide bonds. The Balaban J connectivity index is 2.14. The van der Waals surface area contributed by atoms with Gasteiger partial charge in [-0.25, -0.2) is 0 Å². The lowest BCUT2D eigenvalue weighted by molar-refractivity contribution is -0.138. The molecule has 98 valence electrons. The number of aliphatic carboxylic acids is 1. The summed E-state index contributed by atoms with van der Waals surface area (Å²) in [6.45, 7) is 3.25. The van der Waals surface area contributed by atoms with E-state index < -0.39 is 5.97 Å². The molecule has 1 aromatic carbocycles. The van der Waals surface area contributed by atoms with E-state index in [9.17, 15) is 4.79 Å². The van der Waals surface area contributed by atoms with Crippen molar-refractivity contribution in [1.82, 2.24) is 4.90 Å². The number of carbonyl (C=O) groups is 1. The SMILES string of the molecule is CCN(CC(=O)O)Cc1cc(Cl)c2c(c1)OCO2. The van der Waals surface area contributed by atoms with Crippen LogP contribution in [0.3, 0.4) is 0 Å². The van der Waals surface area contributed by atoms with Gasteiger partial charge in [-0.15, -0.1) is 0 Å². The van der Waals surface area contributed by atoms with E-state index >= 15 is 0 Å². The Kier molecular flexibility index (Phi) is 3.93. The Morgan fingerprint density at radius 2 is 2.28 bits per heavy atom. The molecular weight excluding hydrogens is 258 g/mol. The molecule has 0 bridgehead atoms. The number of fused-ring (bicyclic) bond motifs is 1. The molecule has 0 atom stereocenters. The Bertz CT molecular complexity index is 464. The molecular formula is C12H14ClNO4. The first-order valence-corrected chi connectivity index (χ1v) is 6.00. The summed E-state index contributed by atoms with van der Waals surface area (Å²) in [6, 6.07) is 3.61. The third-order valence-corrected chi connectivity index (χ3v) is 2.98. The number of likely N-dealkylation sites (N-methyl/N-ethyl adjacent to an activating group) is 1. The molecule has 0 saturated heterocycles. The van der Waals surface area contributed by atoms with Gasteiger partial charge in [-0.2, -0.15) is 0 Å². The molecule has 5 nitrogen and oxygen atoms in total. The molecule has 0 aliphatic carbocycles. The fourth-order valence-corrected chi connectivity index (χ4v) is 2.13. The lowest BCUT2D eigenvalue weighted by Gasteiger charge is -2.18. The average Bonchev–Trinajstić information content (AvgIpc) is 2.76. The summed E-state index contributed by atoms with van der Waals surface area (Å²) in [4.78, 5) is 12.5. The van der Waals surface area contributed by atoms with Crippen LogP contribution < -0.4 is 9.47 Å². The minimum Gasteiger partial charge on any atom is -0.480 e. The average molecular weight is 272 g/mol. The Morgan fingerprint density at radius 3 is 2.94 bits per heavy atom. The third kappa shape index (κ3) is 2.86. The summed E-state index contributed by atoms with van der Waals surface area (Å²) in [5.74, 6) is 0.328. The summed E-state index contributed by atoms with van der Waals surface area (Å²) in [5, 5.41) is 9.28. The Hall–Kier alpha value is -1.46. The highest BCUT2D eigenvalue weighted by atomic mass is 35.5. The molecule has 0 aromatic heterocycles. The van der Waals surface area contributed by atoms with E-state index in [2.05, 4.69) is 0 Å². The van der Waals surface area contributed by atoms with Gasteiger partial charge in [0.15, 0.2) is 11.5 Å². The van der Waals surface area contributed by atoms with Crippen molar-refractivity contribution in [1.29, 1.82) is 0 Å². The predicted octanol–water partition coefficient (Wildman–Crippen LogP) is 1.98. The number of hydrogen-bond donors (Lipinski definition) is 1. The molecule has 18 heavy (non-hydrogen) atoms. The van der Waals surface area contributed by atoms with Crippen LogP contribution in [0.5, 0.6) is 11.5 Å². The Labute approximate surface area is 110 Å². The van der Waals surface area contributed by atoms with Crippen LogP contribution in [0, 0.1) is 0 Å². The summed E-state index contributed by atoms with van der Waals surface area (Å²) < 4.78 is 10.5. The van der Waals surface area contributed by atoms with E-state index in [1.165, 1.54) is 0 Å². The highest BCUT2D eigenvalue weighted by Crippen LogP contribution is 2.39. The molecule has 0 spiro atoms. The first-order valence-electron chi connectivity index (χ1n) is 5.62. The third-order valence-electron chi connectivity index (χ3n) is 2.70. The van der Waals surface area contributed by atoms with E-state index in [0.717, 1.165) is 5.56 Å². The van der Waals surface area contributed by atoms with Crippen LogP contribution in [0.2, 0.25) is 5.02 Å². The van der Waals surface area contributed by atoms with Gasteiger partial charge in [-0.3, -0.25) is 9.69 Å². The second-order valence-corrected chi connectivity index (χ2v) is 4.42. The number of carboxylic acids is 1. The molecule has 6 heteroatoms. The molecule has 1 N–H and O–H groups in total. The molecule has 0 fully saturated rings. The van der Waals surface area contributed by atoms with Crippen molar-refractivity contribution in [2.75, 3.05) is 19.9 Å². The number of ether oxygens (including phenoxy) is 2. The molecule has 1 aromatic rings. The smallest absolute Gasteiger partial charge is 0.317 e. The van der Waals surface area contributed by atoms with Crippen molar-refractivity contribution in [3.8, 4) is 11.5 Å². The number of hydrogen-bond acceptors (Lipinski definition) is 4. The number of rotatable bonds is 5. The zero-order valence-corrected chi connectivity index (χ0v) is 10.7. The Morgan fingerprint density at radius 1 is 1.50 bits per heavy atom. The van der Waals surface area contributed by atoms with Crippen LogP contribution in [-0.4, -0.2) is 35.9 Å². The maximum Gasteiger partial charge on any atom is 0.317 e. The molecule has 0 unspecified atom stereocenters. The van der Waals surface area contributed by atoms with Crippen LogP contribution >= 0.6 is 11.6 Å². The molecule has 1 aliphatic heterocycles. The van der Waals surface area contributed by atoms with Crippen LogP contribution in [0.1, 0.15) is 12.5 Å². The first-order chi connectivity index (χ1) is 8.60. The first kappa shape index (κ1) is 13.0. The maximum atomic E-state index is 10.7. The van der Waals surface area contributed by atoms with Crippen LogP contribution in [0.15, 0.2) is 12.1 Å². The van der Waals surface area contributed by atoms with Crippen LogP contribution in [0.25, 0.3) is 0 Å². The van der Waals surface area contributed by atoms with E-state index in [-0.39, 0.29) is 13.3 Å². The molecule has 1 heterocycles.